The van der Waals surface area contributed by atoms with Crippen molar-refractivity contribution in [3.63, 3.8) is 0 Å². The summed E-state index contributed by atoms with van der Waals surface area (Å²) in [5, 5.41) is 0. The summed E-state index contributed by atoms with van der Waals surface area (Å²) in [6, 6.07) is 8.49. The number of hydrogen-bond donors (Lipinski definition) is 1. The number of nitrogens with two attached hydrogens (primary N) is 1. The summed E-state index contributed by atoms with van der Waals surface area (Å²) in [5.41, 5.74) is 7.72. The predicted octanol–water partition coefficient (Wildman–Crippen LogP) is 4.03. The molecule has 0 aliphatic heterocycles. The Morgan fingerprint density at radius 2 is 2.05 bits per heavy atom. The maximum Gasteiger partial charge on any atom is 0.0360 e. The minimum Gasteiger partial charge on any atom is -0.329 e. The van der Waals surface area contributed by atoms with Gasteiger partial charge >= 0.3 is 0 Å². The summed E-state index contributed by atoms with van der Waals surface area (Å²) in [6.45, 7) is 6.46. The molecule has 1 aromatic carbocycles. The second kappa shape index (κ2) is 6.59. The van der Waals surface area contributed by atoms with Crippen molar-refractivity contribution < 1.29 is 0 Å². The molecule has 3 atom stereocenters. The highest BCUT2D eigenvalue weighted by atomic mass is 79.9. The van der Waals surface area contributed by atoms with Crippen LogP contribution in [0.3, 0.4) is 0 Å². The van der Waals surface area contributed by atoms with E-state index >= 15 is 0 Å². The molecule has 0 radical (unpaired) electrons. The third kappa shape index (κ3) is 2.95. The summed E-state index contributed by atoms with van der Waals surface area (Å²) in [5.74, 6) is 1.41. The fourth-order valence-electron chi connectivity index (χ4n) is 3.76. The van der Waals surface area contributed by atoms with E-state index in [0.717, 1.165) is 19.0 Å². The van der Waals surface area contributed by atoms with E-state index in [2.05, 4.69) is 66.0 Å². The normalized spacial score (nSPS) is 30.7. The molecule has 2 rings (SSSR count). The lowest BCUT2D eigenvalue weighted by Gasteiger charge is -2.51. The zero-order valence-corrected chi connectivity index (χ0v) is 14.5. The lowest BCUT2D eigenvalue weighted by atomic mass is 9.67. The Bertz CT molecular complexity index is 448. The molecule has 0 spiro atoms. The van der Waals surface area contributed by atoms with Crippen molar-refractivity contribution in [1.82, 2.24) is 4.90 Å². The highest BCUT2D eigenvalue weighted by molar-refractivity contribution is 9.10. The molecule has 1 aliphatic rings. The molecule has 3 heteroatoms. The van der Waals surface area contributed by atoms with Crippen molar-refractivity contribution in [2.24, 2.45) is 17.6 Å². The minimum absolute atomic E-state index is 0.146. The average molecular weight is 339 g/mol. The maximum absolute atomic E-state index is 6.23. The number of rotatable bonds is 4. The Hall–Kier alpha value is -0.380. The van der Waals surface area contributed by atoms with Crippen LogP contribution < -0.4 is 5.73 Å². The van der Waals surface area contributed by atoms with Crippen molar-refractivity contribution >= 4 is 15.9 Å². The quantitative estimate of drug-likeness (QED) is 0.897. The molecular weight excluding hydrogens is 312 g/mol. The summed E-state index contributed by atoms with van der Waals surface area (Å²) >= 11 is 3.66. The van der Waals surface area contributed by atoms with Gasteiger partial charge < -0.3 is 5.73 Å². The topological polar surface area (TPSA) is 29.3 Å². The van der Waals surface area contributed by atoms with Gasteiger partial charge in [0.05, 0.1) is 0 Å². The smallest absolute Gasteiger partial charge is 0.0360 e. The summed E-state index contributed by atoms with van der Waals surface area (Å²) in [6.07, 6.45) is 3.85. The second-order valence-corrected chi connectivity index (χ2v) is 7.27. The molecule has 3 unspecified atom stereocenters. The highest BCUT2D eigenvalue weighted by Gasteiger charge is 2.43. The zero-order valence-electron chi connectivity index (χ0n) is 12.9. The van der Waals surface area contributed by atoms with Crippen molar-refractivity contribution in [2.45, 2.75) is 45.2 Å². The molecule has 20 heavy (non-hydrogen) atoms. The van der Waals surface area contributed by atoms with Crippen LogP contribution in [0.5, 0.6) is 0 Å². The summed E-state index contributed by atoms with van der Waals surface area (Å²) in [7, 11) is 2.24. The van der Waals surface area contributed by atoms with Crippen LogP contribution >= 0.6 is 15.9 Å². The highest BCUT2D eigenvalue weighted by Crippen LogP contribution is 2.41. The fraction of sp³-hybridized carbons (Fsp3) is 0.647. The summed E-state index contributed by atoms with van der Waals surface area (Å²) in [4.78, 5) is 2.49. The van der Waals surface area contributed by atoms with E-state index in [0.29, 0.717) is 5.92 Å². The van der Waals surface area contributed by atoms with Gasteiger partial charge in [-0.25, -0.2) is 0 Å². The molecule has 1 aromatic rings. The van der Waals surface area contributed by atoms with Gasteiger partial charge in [0.15, 0.2) is 0 Å². The Kier molecular flexibility index (Phi) is 5.27. The Morgan fingerprint density at radius 3 is 2.70 bits per heavy atom. The van der Waals surface area contributed by atoms with Crippen LogP contribution in [0, 0.1) is 11.8 Å². The van der Waals surface area contributed by atoms with E-state index in [-0.39, 0.29) is 5.54 Å². The van der Waals surface area contributed by atoms with Gasteiger partial charge in [-0.2, -0.15) is 0 Å². The summed E-state index contributed by atoms with van der Waals surface area (Å²) < 4.78 is 1.19. The molecule has 1 saturated carbocycles. The molecular formula is C17H27BrN2. The largest absolute Gasteiger partial charge is 0.329 e. The first-order valence-corrected chi connectivity index (χ1v) is 8.45. The molecule has 0 bridgehead atoms. The van der Waals surface area contributed by atoms with Crippen molar-refractivity contribution in [2.75, 3.05) is 13.6 Å². The van der Waals surface area contributed by atoms with E-state index < -0.39 is 0 Å². The first-order valence-electron chi connectivity index (χ1n) is 7.66. The molecule has 0 saturated heterocycles. The minimum atomic E-state index is 0.146. The molecule has 1 aliphatic carbocycles. The average Bonchev–Trinajstić information content (AvgIpc) is 2.44. The third-order valence-corrected chi connectivity index (χ3v) is 6.22. The lowest BCUT2D eigenvalue weighted by molar-refractivity contribution is 0.00126. The maximum atomic E-state index is 6.23. The SMILES string of the molecule is CC1CCCC(CN)(N(C)Cc2ccccc2Br)C1C. The standard InChI is InChI=1S/C17H27BrN2/c1-13-7-6-10-17(12-19,14(13)2)20(3)11-15-8-4-5-9-16(15)18/h4-5,8-9,13-14H,6-7,10-12,19H2,1-3H3. The molecule has 0 heterocycles. The molecule has 1 fully saturated rings. The van der Waals surface area contributed by atoms with Gasteiger partial charge in [0, 0.05) is 23.1 Å². The van der Waals surface area contributed by atoms with Crippen LogP contribution in [0.4, 0.5) is 0 Å². The molecule has 112 valence electrons. The van der Waals surface area contributed by atoms with Crippen LogP contribution in [0.1, 0.15) is 38.7 Å². The van der Waals surface area contributed by atoms with Crippen LogP contribution in [-0.4, -0.2) is 24.0 Å². The van der Waals surface area contributed by atoms with Crippen molar-refractivity contribution in [3.05, 3.63) is 34.3 Å². The molecule has 0 aromatic heterocycles. The van der Waals surface area contributed by atoms with Gasteiger partial charge in [0.25, 0.3) is 0 Å². The van der Waals surface area contributed by atoms with E-state index in [4.69, 9.17) is 5.73 Å². The van der Waals surface area contributed by atoms with Gasteiger partial charge in [-0.1, -0.05) is 60.8 Å². The van der Waals surface area contributed by atoms with Gasteiger partial charge in [-0.15, -0.1) is 0 Å². The molecule has 0 amide bonds. The second-order valence-electron chi connectivity index (χ2n) is 6.41. The van der Waals surface area contributed by atoms with Crippen LogP contribution in [0.15, 0.2) is 28.7 Å². The van der Waals surface area contributed by atoms with Crippen molar-refractivity contribution in [1.29, 1.82) is 0 Å². The lowest BCUT2D eigenvalue weighted by Crippen LogP contribution is -2.59. The molecule has 2 N–H and O–H groups in total. The number of likely N-dealkylation sites (N-methyl/N-ethyl adjacent to an activating group) is 1. The monoisotopic (exact) mass is 338 g/mol. The zero-order chi connectivity index (χ0) is 14.8. The predicted molar refractivity (Wildman–Crippen MR) is 89.6 cm³/mol. The fourth-order valence-corrected chi connectivity index (χ4v) is 4.17. The third-order valence-electron chi connectivity index (χ3n) is 5.45. The van der Waals surface area contributed by atoms with Crippen LogP contribution in [0.2, 0.25) is 0 Å². The number of hydrogen-bond acceptors (Lipinski definition) is 2. The number of benzene rings is 1. The van der Waals surface area contributed by atoms with Crippen LogP contribution in [0.25, 0.3) is 0 Å². The van der Waals surface area contributed by atoms with Gasteiger partial charge in [0.1, 0.15) is 0 Å². The Labute approximate surface area is 131 Å². The van der Waals surface area contributed by atoms with E-state index in [1.54, 1.807) is 0 Å². The van der Waals surface area contributed by atoms with E-state index in [9.17, 15) is 0 Å². The Balaban J connectivity index is 2.21. The van der Waals surface area contributed by atoms with Crippen molar-refractivity contribution in [3.8, 4) is 0 Å². The molecule has 2 nitrogen and oxygen atoms in total. The first kappa shape index (κ1) is 16.0. The van der Waals surface area contributed by atoms with Gasteiger partial charge in [-0.05, 0) is 36.9 Å². The van der Waals surface area contributed by atoms with Crippen LogP contribution in [-0.2, 0) is 6.54 Å². The number of nitrogens with zero attached hydrogens (tertiary/aromatic N) is 1. The first-order chi connectivity index (χ1) is 9.51. The van der Waals surface area contributed by atoms with Gasteiger partial charge in [0.2, 0.25) is 0 Å². The Morgan fingerprint density at radius 1 is 1.35 bits per heavy atom. The van der Waals surface area contributed by atoms with E-state index in [1.807, 2.05) is 0 Å². The van der Waals surface area contributed by atoms with Gasteiger partial charge in [-0.3, -0.25) is 4.90 Å². The number of halogens is 1. The van der Waals surface area contributed by atoms with E-state index in [1.165, 1.54) is 29.3 Å².